The van der Waals surface area contributed by atoms with Crippen LogP contribution in [0.4, 0.5) is 0 Å². The third kappa shape index (κ3) is 4.31. The van der Waals surface area contributed by atoms with E-state index in [1.807, 2.05) is 0 Å². The summed E-state index contributed by atoms with van der Waals surface area (Å²) in [6, 6.07) is 4.54. The van der Waals surface area contributed by atoms with Gasteiger partial charge in [0.2, 0.25) is 10.0 Å². The Hall–Kier alpha value is 0.150. The fourth-order valence-corrected chi connectivity index (χ4v) is 4.14. The smallest absolute Gasteiger partial charge is 0.242 e. The summed E-state index contributed by atoms with van der Waals surface area (Å²) >= 11 is 9.17. The van der Waals surface area contributed by atoms with Gasteiger partial charge in [0.1, 0.15) is 4.90 Å². The van der Waals surface area contributed by atoms with Crippen LogP contribution in [0.3, 0.4) is 0 Å². The molecule has 3 N–H and O–H groups in total. The van der Waals surface area contributed by atoms with Crippen LogP contribution in [-0.4, -0.2) is 21.0 Å². The maximum absolute atomic E-state index is 12.2. The number of nitrogens with one attached hydrogen (secondary N) is 1. The third-order valence-electron chi connectivity index (χ3n) is 2.93. The van der Waals surface area contributed by atoms with Crippen LogP contribution in [0.1, 0.15) is 12.8 Å². The molecule has 8 heteroatoms. The number of sulfonamides is 1. The zero-order chi connectivity index (χ0) is 13.3. The van der Waals surface area contributed by atoms with E-state index in [0.717, 1.165) is 12.8 Å². The summed E-state index contributed by atoms with van der Waals surface area (Å²) in [5.41, 5.74) is 5.60. The summed E-state index contributed by atoms with van der Waals surface area (Å²) in [7, 11) is -3.62. The minimum Gasteiger partial charge on any atom is -0.329 e. The topological polar surface area (TPSA) is 72.2 Å². The van der Waals surface area contributed by atoms with Gasteiger partial charge in [-0.05, 0) is 37.0 Å². The molecular formula is C11H15BrCl2N2O2S. The number of hydrogen-bond donors (Lipinski definition) is 2. The maximum atomic E-state index is 12.2. The molecule has 1 aliphatic rings. The molecule has 0 aromatic heterocycles. The van der Waals surface area contributed by atoms with Crippen molar-refractivity contribution in [1.82, 2.24) is 4.72 Å². The van der Waals surface area contributed by atoms with Gasteiger partial charge >= 0.3 is 0 Å². The molecule has 0 amide bonds. The van der Waals surface area contributed by atoms with E-state index in [9.17, 15) is 8.42 Å². The average molecular weight is 390 g/mol. The monoisotopic (exact) mass is 388 g/mol. The fourth-order valence-electron chi connectivity index (χ4n) is 1.78. The summed E-state index contributed by atoms with van der Waals surface area (Å²) in [5.74, 6) is 0.357. The summed E-state index contributed by atoms with van der Waals surface area (Å²) in [5, 5.41) is 0.206. The summed E-state index contributed by atoms with van der Waals surface area (Å²) in [4.78, 5) is 0.0811. The molecule has 1 atom stereocenters. The van der Waals surface area contributed by atoms with Crippen molar-refractivity contribution in [2.24, 2.45) is 11.7 Å². The average Bonchev–Trinajstić information content (AvgIpc) is 3.13. The van der Waals surface area contributed by atoms with Crippen LogP contribution in [0.5, 0.6) is 0 Å². The minimum absolute atomic E-state index is 0. The van der Waals surface area contributed by atoms with Crippen LogP contribution in [0.15, 0.2) is 27.6 Å². The highest BCUT2D eigenvalue weighted by molar-refractivity contribution is 9.10. The highest BCUT2D eigenvalue weighted by Gasteiger charge is 2.33. The predicted molar refractivity (Wildman–Crippen MR) is 82.3 cm³/mol. The number of nitrogens with two attached hydrogens (primary N) is 1. The van der Waals surface area contributed by atoms with E-state index in [-0.39, 0.29) is 28.4 Å². The van der Waals surface area contributed by atoms with E-state index < -0.39 is 10.0 Å². The predicted octanol–water partition coefficient (Wildman–Crippen LogP) is 2.54. The lowest BCUT2D eigenvalue weighted by molar-refractivity contribution is 0.519. The number of hydrogen-bond acceptors (Lipinski definition) is 3. The van der Waals surface area contributed by atoms with Crippen LogP contribution in [0.25, 0.3) is 0 Å². The van der Waals surface area contributed by atoms with Crippen LogP contribution in [0.2, 0.25) is 5.02 Å². The Bertz CT molecular complexity index is 550. The van der Waals surface area contributed by atoms with Gasteiger partial charge in [-0.2, -0.15) is 0 Å². The molecule has 108 valence electrons. The zero-order valence-corrected chi connectivity index (χ0v) is 13.9. The van der Waals surface area contributed by atoms with Crippen molar-refractivity contribution in [3.8, 4) is 0 Å². The molecule has 1 unspecified atom stereocenters. The number of halogens is 3. The Morgan fingerprint density at radius 2 is 2.11 bits per heavy atom. The quantitative estimate of drug-likeness (QED) is 0.812. The van der Waals surface area contributed by atoms with E-state index in [4.69, 9.17) is 17.3 Å². The molecule has 0 bridgehead atoms. The highest BCUT2D eigenvalue weighted by Crippen LogP contribution is 2.33. The van der Waals surface area contributed by atoms with Crippen molar-refractivity contribution < 1.29 is 8.42 Å². The van der Waals surface area contributed by atoms with Crippen molar-refractivity contribution >= 4 is 50.0 Å². The largest absolute Gasteiger partial charge is 0.329 e. The normalized spacial score (nSPS) is 16.8. The lowest BCUT2D eigenvalue weighted by Crippen LogP contribution is -2.41. The molecule has 0 aliphatic heterocycles. The van der Waals surface area contributed by atoms with Gasteiger partial charge in [0.25, 0.3) is 0 Å². The molecular weight excluding hydrogens is 375 g/mol. The van der Waals surface area contributed by atoms with Gasteiger partial charge in [-0.25, -0.2) is 13.1 Å². The molecule has 1 fully saturated rings. The standard InChI is InChI=1S/C11H14BrClN2O2S.ClH/c12-8-3-4-9(13)11(5-8)18(16,17)15-10(6-14)7-1-2-7;/h3-5,7,10,15H,1-2,6,14H2;1H. The van der Waals surface area contributed by atoms with Crippen molar-refractivity contribution in [2.75, 3.05) is 6.54 Å². The molecule has 1 aromatic rings. The Kier molecular flexibility index (Phi) is 6.10. The van der Waals surface area contributed by atoms with E-state index in [0.29, 0.717) is 16.9 Å². The van der Waals surface area contributed by atoms with Crippen LogP contribution in [-0.2, 0) is 10.0 Å². The summed E-state index contributed by atoms with van der Waals surface area (Å²) in [6.07, 6.45) is 2.05. The lowest BCUT2D eigenvalue weighted by Gasteiger charge is -2.16. The molecule has 19 heavy (non-hydrogen) atoms. The van der Waals surface area contributed by atoms with Crippen LogP contribution < -0.4 is 10.5 Å². The summed E-state index contributed by atoms with van der Waals surface area (Å²) < 4.78 is 27.8. The van der Waals surface area contributed by atoms with E-state index >= 15 is 0 Å². The third-order valence-corrected chi connectivity index (χ3v) is 5.40. The summed E-state index contributed by atoms with van der Waals surface area (Å²) in [6.45, 7) is 0.301. The van der Waals surface area contributed by atoms with E-state index in [1.165, 1.54) is 6.07 Å². The number of benzene rings is 1. The van der Waals surface area contributed by atoms with Crippen LogP contribution in [0, 0.1) is 5.92 Å². The van der Waals surface area contributed by atoms with Gasteiger partial charge in [-0.1, -0.05) is 27.5 Å². The first-order chi connectivity index (χ1) is 8.44. The lowest BCUT2D eigenvalue weighted by atomic mass is 10.2. The second-order valence-electron chi connectivity index (χ2n) is 4.38. The Labute approximate surface area is 132 Å². The first-order valence-electron chi connectivity index (χ1n) is 5.61. The van der Waals surface area contributed by atoms with Crippen LogP contribution >= 0.6 is 39.9 Å². The number of rotatable bonds is 5. The van der Waals surface area contributed by atoms with Crippen molar-refractivity contribution in [1.29, 1.82) is 0 Å². The Balaban J connectivity index is 0.00000180. The molecule has 0 spiro atoms. The maximum Gasteiger partial charge on any atom is 0.242 e. The van der Waals surface area contributed by atoms with Gasteiger partial charge < -0.3 is 5.73 Å². The first-order valence-corrected chi connectivity index (χ1v) is 8.27. The van der Waals surface area contributed by atoms with Gasteiger partial charge in [-0.3, -0.25) is 0 Å². The molecule has 1 saturated carbocycles. The molecule has 2 rings (SSSR count). The minimum atomic E-state index is -3.62. The highest BCUT2D eigenvalue weighted by atomic mass is 79.9. The Morgan fingerprint density at radius 3 is 2.63 bits per heavy atom. The van der Waals surface area contributed by atoms with Crippen molar-refractivity contribution in [3.05, 3.63) is 27.7 Å². The molecule has 1 aliphatic carbocycles. The second-order valence-corrected chi connectivity index (χ2v) is 7.38. The van der Waals surface area contributed by atoms with Gasteiger partial charge in [0.05, 0.1) is 5.02 Å². The van der Waals surface area contributed by atoms with Crippen molar-refractivity contribution in [3.63, 3.8) is 0 Å². The SMILES string of the molecule is Cl.NCC(NS(=O)(=O)c1cc(Br)ccc1Cl)C1CC1. The van der Waals surface area contributed by atoms with E-state index in [2.05, 4.69) is 20.7 Å². The molecule has 1 aromatic carbocycles. The second kappa shape index (κ2) is 6.74. The van der Waals surface area contributed by atoms with Gasteiger partial charge in [0.15, 0.2) is 0 Å². The Morgan fingerprint density at radius 1 is 1.47 bits per heavy atom. The molecule has 4 nitrogen and oxygen atoms in total. The molecule has 0 saturated heterocycles. The first kappa shape index (κ1) is 17.2. The molecule has 0 heterocycles. The fraction of sp³-hybridized carbons (Fsp3) is 0.455. The van der Waals surface area contributed by atoms with Gasteiger partial charge in [-0.15, -0.1) is 12.4 Å². The van der Waals surface area contributed by atoms with Crippen molar-refractivity contribution in [2.45, 2.75) is 23.8 Å². The van der Waals surface area contributed by atoms with Gasteiger partial charge in [0, 0.05) is 17.1 Å². The van der Waals surface area contributed by atoms with E-state index in [1.54, 1.807) is 12.1 Å². The molecule has 0 radical (unpaired) electrons. The zero-order valence-electron chi connectivity index (χ0n) is 9.97.